The number of hydrogen-bond donors (Lipinski definition) is 0. The lowest BCUT2D eigenvalue weighted by Gasteiger charge is -2.19. The lowest BCUT2D eigenvalue weighted by atomic mass is 10.1. The first-order valence-electron chi connectivity index (χ1n) is 8.76. The van der Waals surface area contributed by atoms with Crippen molar-refractivity contribution in [1.29, 1.82) is 0 Å². The SMILES string of the molecule is CC(C)(C)OC(=O)CCCCCOCCCCCCCN=[N+]=[N-]. The van der Waals surface area contributed by atoms with E-state index in [9.17, 15) is 4.79 Å². The lowest BCUT2D eigenvalue weighted by Crippen LogP contribution is -2.23. The minimum Gasteiger partial charge on any atom is -0.460 e. The Kier molecular flexibility index (Phi) is 13.6. The maximum absolute atomic E-state index is 11.5. The standard InChI is InChI=1S/C17H33N3O3/c1-17(2,3)23-16(21)12-8-7-11-15-22-14-10-6-4-5-9-13-19-20-18/h4-15H2,1-3H3. The third-order valence-electron chi connectivity index (χ3n) is 3.20. The Labute approximate surface area is 140 Å². The molecule has 0 bridgehead atoms. The average Bonchev–Trinajstić information content (AvgIpc) is 2.46. The smallest absolute Gasteiger partial charge is 0.306 e. The zero-order valence-electron chi connectivity index (χ0n) is 15.1. The van der Waals surface area contributed by atoms with Crippen LogP contribution in [0.1, 0.15) is 78.6 Å². The molecule has 0 aromatic heterocycles. The largest absolute Gasteiger partial charge is 0.460 e. The summed E-state index contributed by atoms with van der Waals surface area (Å²) in [6.07, 6.45) is 8.85. The van der Waals surface area contributed by atoms with Crippen LogP contribution in [0.5, 0.6) is 0 Å². The minimum absolute atomic E-state index is 0.112. The van der Waals surface area contributed by atoms with Crippen LogP contribution in [0.2, 0.25) is 0 Å². The second-order valence-corrected chi connectivity index (χ2v) is 6.73. The van der Waals surface area contributed by atoms with Gasteiger partial charge in [0.1, 0.15) is 5.60 Å². The van der Waals surface area contributed by atoms with Crippen LogP contribution in [0.3, 0.4) is 0 Å². The van der Waals surface area contributed by atoms with Crippen molar-refractivity contribution < 1.29 is 14.3 Å². The highest BCUT2D eigenvalue weighted by Gasteiger charge is 2.15. The average molecular weight is 327 g/mol. The first-order valence-corrected chi connectivity index (χ1v) is 8.76. The monoisotopic (exact) mass is 327 g/mol. The van der Waals surface area contributed by atoms with Crippen molar-refractivity contribution in [3.63, 3.8) is 0 Å². The van der Waals surface area contributed by atoms with Gasteiger partial charge in [0.25, 0.3) is 0 Å². The molecule has 0 unspecified atom stereocenters. The van der Waals surface area contributed by atoms with E-state index in [-0.39, 0.29) is 11.6 Å². The van der Waals surface area contributed by atoms with Gasteiger partial charge in [0.05, 0.1) is 0 Å². The fourth-order valence-electron chi connectivity index (χ4n) is 2.11. The van der Waals surface area contributed by atoms with Gasteiger partial charge in [0.2, 0.25) is 0 Å². The number of nitrogens with zero attached hydrogens (tertiary/aromatic N) is 3. The lowest BCUT2D eigenvalue weighted by molar-refractivity contribution is -0.154. The summed E-state index contributed by atoms with van der Waals surface area (Å²) < 4.78 is 10.8. The second kappa shape index (κ2) is 14.3. The molecule has 134 valence electrons. The van der Waals surface area contributed by atoms with Crippen LogP contribution < -0.4 is 0 Å². The van der Waals surface area contributed by atoms with Crippen molar-refractivity contribution in [3.8, 4) is 0 Å². The maximum atomic E-state index is 11.5. The molecule has 6 heteroatoms. The first-order chi connectivity index (χ1) is 11.0. The third-order valence-corrected chi connectivity index (χ3v) is 3.20. The van der Waals surface area contributed by atoms with E-state index in [0.717, 1.165) is 58.2 Å². The molecule has 0 atom stereocenters. The van der Waals surface area contributed by atoms with Gasteiger partial charge in [-0.3, -0.25) is 4.79 Å². The van der Waals surface area contributed by atoms with Crippen molar-refractivity contribution in [2.75, 3.05) is 19.8 Å². The zero-order valence-corrected chi connectivity index (χ0v) is 15.1. The summed E-state index contributed by atoms with van der Waals surface area (Å²) in [7, 11) is 0. The zero-order chi connectivity index (χ0) is 17.4. The van der Waals surface area contributed by atoms with Crippen LogP contribution in [-0.4, -0.2) is 31.3 Å². The van der Waals surface area contributed by atoms with E-state index >= 15 is 0 Å². The van der Waals surface area contributed by atoms with Gasteiger partial charge >= 0.3 is 5.97 Å². The molecular formula is C17H33N3O3. The summed E-state index contributed by atoms with van der Waals surface area (Å²) in [6.45, 7) is 7.85. The molecule has 23 heavy (non-hydrogen) atoms. The Hall–Kier alpha value is -1.26. The van der Waals surface area contributed by atoms with Gasteiger partial charge in [-0.1, -0.05) is 30.8 Å². The molecule has 0 saturated heterocycles. The first kappa shape index (κ1) is 21.7. The highest BCUT2D eigenvalue weighted by atomic mass is 16.6. The quantitative estimate of drug-likeness (QED) is 0.145. The molecule has 6 nitrogen and oxygen atoms in total. The van der Waals surface area contributed by atoms with Gasteiger partial charge in [-0.15, -0.1) is 0 Å². The Balaban J connectivity index is 3.19. The summed E-state index contributed by atoms with van der Waals surface area (Å²) in [6, 6.07) is 0. The fourth-order valence-corrected chi connectivity index (χ4v) is 2.11. The van der Waals surface area contributed by atoms with E-state index in [1.54, 1.807) is 0 Å². The van der Waals surface area contributed by atoms with E-state index in [1.807, 2.05) is 20.8 Å². The van der Waals surface area contributed by atoms with Crippen molar-refractivity contribution in [2.24, 2.45) is 5.11 Å². The van der Waals surface area contributed by atoms with Gasteiger partial charge in [-0.05, 0) is 52.0 Å². The van der Waals surface area contributed by atoms with E-state index in [4.69, 9.17) is 15.0 Å². The minimum atomic E-state index is -0.386. The number of ether oxygens (including phenoxy) is 2. The number of carbonyl (C=O) groups is 1. The Morgan fingerprint density at radius 3 is 2.13 bits per heavy atom. The third kappa shape index (κ3) is 18.7. The van der Waals surface area contributed by atoms with Crippen LogP contribution in [-0.2, 0) is 14.3 Å². The molecule has 0 saturated carbocycles. The molecule has 0 aromatic rings. The molecule has 0 N–H and O–H groups in total. The molecule has 0 fully saturated rings. The molecule has 0 spiro atoms. The summed E-state index contributed by atoms with van der Waals surface area (Å²) in [5, 5.41) is 3.51. The fraction of sp³-hybridized carbons (Fsp3) is 0.941. The molecule has 0 heterocycles. The Morgan fingerprint density at radius 1 is 0.957 bits per heavy atom. The van der Waals surface area contributed by atoms with Gasteiger partial charge < -0.3 is 9.47 Å². The molecule has 0 amide bonds. The van der Waals surface area contributed by atoms with Crippen LogP contribution in [0, 0.1) is 0 Å². The van der Waals surface area contributed by atoms with E-state index in [1.165, 1.54) is 6.42 Å². The Morgan fingerprint density at radius 2 is 1.52 bits per heavy atom. The predicted molar refractivity (Wildman–Crippen MR) is 92.2 cm³/mol. The number of esters is 1. The maximum Gasteiger partial charge on any atom is 0.306 e. The van der Waals surface area contributed by atoms with Gasteiger partial charge in [-0.25, -0.2) is 0 Å². The molecular weight excluding hydrogens is 294 g/mol. The summed E-state index contributed by atoms with van der Waals surface area (Å²) in [5.74, 6) is -0.112. The number of unbranched alkanes of at least 4 members (excludes halogenated alkanes) is 6. The van der Waals surface area contributed by atoms with Crippen LogP contribution in [0.25, 0.3) is 10.4 Å². The molecule has 0 radical (unpaired) electrons. The summed E-state index contributed by atoms with van der Waals surface area (Å²) >= 11 is 0. The van der Waals surface area contributed by atoms with Crippen LogP contribution >= 0.6 is 0 Å². The van der Waals surface area contributed by atoms with E-state index in [0.29, 0.717) is 13.0 Å². The molecule has 0 aromatic carbocycles. The van der Waals surface area contributed by atoms with Gasteiger partial charge in [-0.2, -0.15) is 0 Å². The highest BCUT2D eigenvalue weighted by Crippen LogP contribution is 2.10. The van der Waals surface area contributed by atoms with E-state index in [2.05, 4.69) is 10.0 Å². The summed E-state index contributed by atoms with van der Waals surface area (Å²) in [5.41, 5.74) is 7.75. The van der Waals surface area contributed by atoms with Gasteiger partial charge in [0, 0.05) is 31.1 Å². The van der Waals surface area contributed by atoms with Crippen molar-refractivity contribution >= 4 is 5.97 Å². The number of azide groups is 1. The topological polar surface area (TPSA) is 84.3 Å². The molecule has 0 aliphatic rings. The van der Waals surface area contributed by atoms with E-state index < -0.39 is 0 Å². The number of hydrogen-bond acceptors (Lipinski definition) is 4. The second-order valence-electron chi connectivity index (χ2n) is 6.73. The van der Waals surface area contributed by atoms with Crippen molar-refractivity contribution in [3.05, 3.63) is 10.4 Å². The normalized spacial score (nSPS) is 11.1. The Bertz CT molecular complexity index is 347. The van der Waals surface area contributed by atoms with Gasteiger partial charge in [0.15, 0.2) is 0 Å². The van der Waals surface area contributed by atoms with Crippen molar-refractivity contribution in [2.45, 2.75) is 84.2 Å². The van der Waals surface area contributed by atoms with Crippen molar-refractivity contribution in [1.82, 2.24) is 0 Å². The predicted octanol–water partition coefficient (Wildman–Crippen LogP) is 5.17. The number of carbonyl (C=O) groups excluding carboxylic acids is 1. The molecule has 0 aliphatic carbocycles. The molecule has 0 rings (SSSR count). The van der Waals surface area contributed by atoms with Crippen LogP contribution in [0.15, 0.2) is 5.11 Å². The molecule has 0 aliphatic heterocycles. The number of rotatable bonds is 14. The summed E-state index contributed by atoms with van der Waals surface area (Å²) in [4.78, 5) is 14.2. The highest BCUT2D eigenvalue weighted by molar-refractivity contribution is 5.69. The van der Waals surface area contributed by atoms with Crippen LogP contribution in [0.4, 0.5) is 0 Å².